The maximum atomic E-state index is 12.8. The molecule has 6 heteroatoms. The molecule has 0 atom stereocenters. The number of nitrogens with one attached hydrogen (secondary N) is 1. The normalized spacial score (nSPS) is 11.3. The van der Waals surface area contributed by atoms with Crippen LogP contribution in [-0.2, 0) is 12.7 Å². The topological polar surface area (TPSA) is 50.9 Å². The monoisotopic (exact) mass is 267 g/mol. The van der Waals surface area contributed by atoms with E-state index in [-0.39, 0.29) is 12.1 Å². The van der Waals surface area contributed by atoms with Gasteiger partial charge in [-0.25, -0.2) is 4.98 Å². The van der Waals surface area contributed by atoms with E-state index >= 15 is 0 Å². The summed E-state index contributed by atoms with van der Waals surface area (Å²) in [5.41, 5.74) is 5.60. The first-order valence-electron chi connectivity index (χ1n) is 5.57. The number of hydrogen-bond acceptors (Lipinski definition) is 3. The highest BCUT2D eigenvalue weighted by molar-refractivity contribution is 5.46. The van der Waals surface area contributed by atoms with Crippen molar-refractivity contribution in [2.75, 3.05) is 11.1 Å². The van der Waals surface area contributed by atoms with Crippen molar-refractivity contribution in [1.82, 2.24) is 4.98 Å². The molecule has 0 amide bonds. The second kappa shape index (κ2) is 5.17. The summed E-state index contributed by atoms with van der Waals surface area (Å²) in [7, 11) is 0. The summed E-state index contributed by atoms with van der Waals surface area (Å²) < 4.78 is 38.3. The number of benzene rings is 1. The van der Waals surface area contributed by atoms with E-state index in [0.717, 1.165) is 6.07 Å². The van der Waals surface area contributed by atoms with E-state index in [1.54, 1.807) is 18.2 Å². The number of nitrogens with zero attached hydrogens (tertiary/aromatic N) is 1. The third-order valence-electron chi connectivity index (χ3n) is 2.59. The molecule has 0 radical (unpaired) electrons. The maximum Gasteiger partial charge on any atom is 0.416 e. The van der Waals surface area contributed by atoms with Crippen molar-refractivity contribution in [3.05, 3.63) is 53.7 Å². The van der Waals surface area contributed by atoms with Gasteiger partial charge >= 0.3 is 6.18 Å². The maximum absolute atomic E-state index is 12.8. The summed E-state index contributed by atoms with van der Waals surface area (Å²) >= 11 is 0. The first kappa shape index (κ1) is 13.2. The highest BCUT2D eigenvalue weighted by Crippen LogP contribution is 2.32. The summed E-state index contributed by atoms with van der Waals surface area (Å²) in [5.74, 6) is 0.362. The Kier molecular flexibility index (Phi) is 3.59. The molecule has 19 heavy (non-hydrogen) atoms. The average molecular weight is 267 g/mol. The van der Waals surface area contributed by atoms with Gasteiger partial charge in [0.15, 0.2) is 0 Å². The number of hydrogen-bond donors (Lipinski definition) is 2. The van der Waals surface area contributed by atoms with E-state index in [2.05, 4.69) is 10.3 Å². The van der Waals surface area contributed by atoms with Gasteiger partial charge in [-0.1, -0.05) is 18.2 Å². The second-order valence-corrected chi connectivity index (χ2v) is 3.98. The van der Waals surface area contributed by atoms with E-state index in [1.807, 2.05) is 0 Å². The van der Waals surface area contributed by atoms with Crippen LogP contribution in [0, 0.1) is 0 Å². The summed E-state index contributed by atoms with van der Waals surface area (Å²) in [4.78, 5) is 3.86. The van der Waals surface area contributed by atoms with Crippen LogP contribution in [0.5, 0.6) is 0 Å². The van der Waals surface area contributed by atoms with Gasteiger partial charge in [-0.05, 0) is 23.8 Å². The van der Waals surface area contributed by atoms with Gasteiger partial charge < -0.3 is 11.1 Å². The lowest BCUT2D eigenvalue weighted by Gasteiger charge is -2.13. The number of rotatable bonds is 3. The number of nitrogens with two attached hydrogens (primary N) is 1. The molecule has 3 N–H and O–H groups in total. The Hall–Kier alpha value is -2.24. The lowest BCUT2D eigenvalue weighted by Crippen LogP contribution is -2.11. The lowest BCUT2D eigenvalue weighted by molar-refractivity contribution is -0.138. The molecule has 0 saturated heterocycles. The predicted octanol–water partition coefficient (Wildman–Crippen LogP) is 3.29. The molecule has 0 aliphatic heterocycles. The first-order chi connectivity index (χ1) is 8.97. The molecule has 0 fully saturated rings. The zero-order chi connectivity index (χ0) is 13.9. The Balaban J connectivity index is 2.14. The van der Waals surface area contributed by atoms with Crippen LogP contribution in [-0.4, -0.2) is 4.98 Å². The van der Waals surface area contributed by atoms with Gasteiger partial charge in [0.05, 0.1) is 17.4 Å². The Morgan fingerprint density at radius 1 is 1.11 bits per heavy atom. The molecule has 100 valence electrons. The predicted molar refractivity (Wildman–Crippen MR) is 67.4 cm³/mol. The van der Waals surface area contributed by atoms with Gasteiger partial charge in [-0.3, -0.25) is 0 Å². The van der Waals surface area contributed by atoms with Gasteiger partial charge in [0.1, 0.15) is 5.82 Å². The van der Waals surface area contributed by atoms with Gasteiger partial charge in [-0.2, -0.15) is 13.2 Å². The van der Waals surface area contributed by atoms with Crippen LogP contribution < -0.4 is 11.1 Å². The molecule has 0 spiro atoms. The van der Waals surface area contributed by atoms with Crippen molar-refractivity contribution in [2.45, 2.75) is 12.7 Å². The number of halogens is 3. The minimum Gasteiger partial charge on any atom is -0.384 e. The Morgan fingerprint density at radius 3 is 2.47 bits per heavy atom. The molecule has 2 rings (SSSR count). The third-order valence-corrected chi connectivity index (χ3v) is 2.59. The zero-order valence-corrected chi connectivity index (χ0v) is 9.91. The Morgan fingerprint density at radius 2 is 1.84 bits per heavy atom. The molecule has 1 aromatic carbocycles. The first-order valence-corrected chi connectivity index (χ1v) is 5.57. The fourth-order valence-corrected chi connectivity index (χ4v) is 1.66. The zero-order valence-electron chi connectivity index (χ0n) is 9.91. The van der Waals surface area contributed by atoms with Gasteiger partial charge in [0.2, 0.25) is 0 Å². The van der Waals surface area contributed by atoms with Crippen molar-refractivity contribution in [1.29, 1.82) is 0 Å². The minimum absolute atomic E-state index is 0.0707. The van der Waals surface area contributed by atoms with Crippen LogP contribution in [0.3, 0.4) is 0 Å². The smallest absolute Gasteiger partial charge is 0.384 e. The molecule has 1 aromatic heterocycles. The SMILES string of the molecule is Nc1ccc(NCc2ccccc2C(F)(F)F)cn1. The van der Waals surface area contributed by atoms with Crippen LogP contribution >= 0.6 is 0 Å². The molecule has 1 heterocycles. The average Bonchev–Trinajstić information content (AvgIpc) is 2.37. The Bertz CT molecular complexity index is 550. The molecule has 0 aliphatic rings. The highest BCUT2D eigenvalue weighted by Gasteiger charge is 2.32. The third kappa shape index (κ3) is 3.37. The van der Waals surface area contributed by atoms with Crippen molar-refractivity contribution in [3.8, 4) is 0 Å². The van der Waals surface area contributed by atoms with Crippen LogP contribution in [0.1, 0.15) is 11.1 Å². The van der Waals surface area contributed by atoms with E-state index in [0.29, 0.717) is 11.5 Å². The number of anilines is 2. The fraction of sp³-hybridized carbons (Fsp3) is 0.154. The van der Waals surface area contributed by atoms with Crippen molar-refractivity contribution < 1.29 is 13.2 Å². The molecule has 2 aromatic rings. The summed E-state index contributed by atoms with van der Waals surface area (Å²) in [5, 5.41) is 2.88. The summed E-state index contributed by atoms with van der Waals surface area (Å²) in [6.45, 7) is 0.0707. The quantitative estimate of drug-likeness (QED) is 0.897. The minimum atomic E-state index is -4.35. The molecular weight excluding hydrogens is 255 g/mol. The van der Waals surface area contributed by atoms with Gasteiger partial charge in [-0.15, -0.1) is 0 Å². The van der Waals surface area contributed by atoms with Crippen LogP contribution in [0.25, 0.3) is 0 Å². The number of aromatic nitrogens is 1. The molecule has 0 unspecified atom stereocenters. The molecule has 0 bridgehead atoms. The van der Waals surface area contributed by atoms with Gasteiger partial charge in [0.25, 0.3) is 0 Å². The van der Waals surface area contributed by atoms with Crippen molar-refractivity contribution in [3.63, 3.8) is 0 Å². The second-order valence-electron chi connectivity index (χ2n) is 3.98. The van der Waals surface area contributed by atoms with Crippen molar-refractivity contribution in [2.24, 2.45) is 0 Å². The fourth-order valence-electron chi connectivity index (χ4n) is 1.66. The highest BCUT2D eigenvalue weighted by atomic mass is 19.4. The molecule has 3 nitrogen and oxygen atoms in total. The van der Waals surface area contributed by atoms with E-state index < -0.39 is 11.7 Å². The van der Waals surface area contributed by atoms with Crippen LogP contribution in [0.2, 0.25) is 0 Å². The lowest BCUT2D eigenvalue weighted by atomic mass is 10.1. The van der Waals surface area contributed by atoms with Crippen LogP contribution in [0.15, 0.2) is 42.6 Å². The van der Waals surface area contributed by atoms with Crippen molar-refractivity contribution >= 4 is 11.5 Å². The molecular formula is C13H12F3N3. The summed E-state index contributed by atoms with van der Waals surface area (Å²) in [6, 6.07) is 8.71. The van der Waals surface area contributed by atoms with E-state index in [9.17, 15) is 13.2 Å². The number of nitrogen functional groups attached to an aromatic ring is 1. The van der Waals surface area contributed by atoms with E-state index in [1.165, 1.54) is 18.3 Å². The van der Waals surface area contributed by atoms with Gasteiger partial charge in [0, 0.05) is 6.54 Å². The molecule has 0 aliphatic carbocycles. The molecule has 0 saturated carbocycles. The summed E-state index contributed by atoms with van der Waals surface area (Å²) in [6.07, 6.45) is -2.87. The van der Waals surface area contributed by atoms with Crippen LogP contribution in [0.4, 0.5) is 24.7 Å². The largest absolute Gasteiger partial charge is 0.416 e. The number of alkyl halides is 3. The Labute approximate surface area is 108 Å². The van der Waals surface area contributed by atoms with E-state index in [4.69, 9.17) is 5.73 Å². The standard InChI is InChI=1S/C13H12F3N3/c14-13(15,16)11-4-2-1-3-9(11)7-18-10-5-6-12(17)19-8-10/h1-6,8,18H,7H2,(H2,17,19). The number of pyridine rings is 1.